The van der Waals surface area contributed by atoms with E-state index in [0.717, 1.165) is 0 Å². The molecule has 0 radical (unpaired) electrons. The summed E-state index contributed by atoms with van der Waals surface area (Å²) in [4.78, 5) is 23.3. The van der Waals surface area contributed by atoms with Crippen LogP contribution in [-0.2, 0) is 14.3 Å². The van der Waals surface area contributed by atoms with Crippen molar-refractivity contribution in [1.82, 2.24) is 0 Å². The summed E-state index contributed by atoms with van der Waals surface area (Å²) in [5.74, 6) is -1.43. The van der Waals surface area contributed by atoms with Crippen LogP contribution >= 0.6 is 0 Å². The Morgan fingerprint density at radius 3 is 2.35 bits per heavy atom. The summed E-state index contributed by atoms with van der Waals surface area (Å²) in [5, 5.41) is 0. The van der Waals surface area contributed by atoms with Gasteiger partial charge in [-0.05, 0) is 57.2 Å². The quantitative estimate of drug-likeness (QED) is 0.806. The molecule has 0 fully saturated rings. The average molecular weight is 320 g/mol. The minimum absolute atomic E-state index is 0.0483. The molecule has 5 nitrogen and oxygen atoms in total. The molecule has 0 amide bonds. The van der Waals surface area contributed by atoms with Crippen LogP contribution in [0.25, 0.3) is 11.3 Å². The first-order valence-corrected chi connectivity index (χ1v) is 6.99. The molecule has 6 heteroatoms. The third kappa shape index (κ3) is 4.95. The molecular formula is C17H17FO5. The Kier molecular flexibility index (Phi) is 4.83. The zero-order chi connectivity index (χ0) is 17.0. The fraction of sp³-hybridized carbons (Fsp3) is 0.294. The standard InChI is InChI=1S/C17H17FO5/c1-17(2,3)23-15(19)10-21-16(20)14-9-8-13(22-14)11-4-6-12(18)7-5-11/h4-9H,10H2,1-3H3. The SMILES string of the molecule is CC(C)(C)OC(=O)COC(=O)c1ccc(-c2ccc(F)cc2)o1. The molecule has 0 saturated heterocycles. The zero-order valence-electron chi connectivity index (χ0n) is 13.1. The van der Waals surface area contributed by atoms with Crippen molar-refractivity contribution in [2.24, 2.45) is 0 Å². The monoisotopic (exact) mass is 320 g/mol. The van der Waals surface area contributed by atoms with Gasteiger partial charge in [0.2, 0.25) is 5.76 Å². The van der Waals surface area contributed by atoms with Crippen LogP contribution in [0.2, 0.25) is 0 Å². The predicted molar refractivity (Wildman–Crippen MR) is 80.2 cm³/mol. The molecule has 0 spiro atoms. The summed E-state index contributed by atoms with van der Waals surface area (Å²) < 4.78 is 28.1. The Morgan fingerprint density at radius 2 is 1.74 bits per heavy atom. The number of rotatable bonds is 4. The van der Waals surface area contributed by atoms with Crippen molar-refractivity contribution >= 4 is 11.9 Å². The number of furan rings is 1. The Bertz CT molecular complexity index is 695. The number of hydrogen-bond donors (Lipinski definition) is 0. The lowest BCUT2D eigenvalue weighted by Crippen LogP contribution is -2.27. The normalized spacial score (nSPS) is 11.1. The lowest BCUT2D eigenvalue weighted by molar-refractivity contribution is -0.158. The van der Waals surface area contributed by atoms with Crippen LogP contribution < -0.4 is 0 Å². The topological polar surface area (TPSA) is 65.7 Å². The third-order valence-corrected chi connectivity index (χ3v) is 2.68. The van der Waals surface area contributed by atoms with E-state index in [9.17, 15) is 14.0 Å². The van der Waals surface area contributed by atoms with Gasteiger partial charge in [-0.3, -0.25) is 0 Å². The molecule has 0 N–H and O–H groups in total. The summed E-state index contributed by atoms with van der Waals surface area (Å²) in [6.07, 6.45) is 0. The van der Waals surface area contributed by atoms with Crippen LogP contribution in [-0.4, -0.2) is 24.1 Å². The van der Waals surface area contributed by atoms with E-state index in [1.807, 2.05) is 0 Å². The number of benzene rings is 1. The molecule has 0 aliphatic rings. The highest BCUT2D eigenvalue weighted by atomic mass is 19.1. The van der Waals surface area contributed by atoms with Gasteiger partial charge in [-0.25, -0.2) is 14.0 Å². The van der Waals surface area contributed by atoms with E-state index in [0.29, 0.717) is 11.3 Å². The smallest absolute Gasteiger partial charge is 0.374 e. The molecular weight excluding hydrogens is 303 g/mol. The molecule has 1 aromatic heterocycles. The van der Waals surface area contributed by atoms with Gasteiger partial charge in [-0.1, -0.05) is 0 Å². The highest BCUT2D eigenvalue weighted by molar-refractivity contribution is 5.88. The first-order chi connectivity index (χ1) is 10.7. The molecule has 0 unspecified atom stereocenters. The molecule has 0 aliphatic heterocycles. The van der Waals surface area contributed by atoms with Gasteiger partial charge in [0.05, 0.1) is 0 Å². The molecule has 0 atom stereocenters. The first kappa shape index (κ1) is 16.7. The minimum Gasteiger partial charge on any atom is -0.457 e. The number of hydrogen-bond acceptors (Lipinski definition) is 5. The summed E-state index contributed by atoms with van der Waals surface area (Å²) in [6.45, 7) is 4.65. The molecule has 122 valence electrons. The molecule has 0 bridgehead atoms. The molecule has 0 saturated carbocycles. The van der Waals surface area contributed by atoms with Crippen molar-refractivity contribution in [2.45, 2.75) is 26.4 Å². The van der Waals surface area contributed by atoms with Gasteiger partial charge < -0.3 is 13.9 Å². The fourth-order valence-corrected chi connectivity index (χ4v) is 1.78. The van der Waals surface area contributed by atoms with Crippen LogP contribution in [0.1, 0.15) is 31.3 Å². The van der Waals surface area contributed by atoms with Crippen molar-refractivity contribution in [2.75, 3.05) is 6.61 Å². The predicted octanol–water partition coefficient (Wildman–Crippen LogP) is 3.58. The van der Waals surface area contributed by atoms with Gasteiger partial charge >= 0.3 is 11.9 Å². The molecule has 23 heavy (non-hydrogen) atoms. The zero-order valence-corrected chi connectivity index (χ0v) is 13.1. The van der Waals surface area contributed by atoms with E-state index in [-0.39, 0.29) is 11.6 Å². The number of carbonyl (C=O) groups excluding carboxylic acids is 2. The Balaban J connectivity index is 1.96. The van der Waals surface area contributed by atoms with Crippen LogP contribution in [0.3, 0.4) is 0 Å². The maximum atomic E-state index is 12.9. The van der Waals surface area contributed by atoms with Crippen LogP contribution in [0, 0.1) is 5.82 Å². The van der Waals surface area contributed by atoms with Gasteiger partial charge in [0.1, 0.15) is 17.2 Å². The van der Waals surface area contributed by atoms with Gasteiger partial charge in [0.25, 0.3) is 0 Å². The maximum Gasteiger partial charge on any atom is 0.374 e. The number of halogens is 1. The molecule has 0 aliphatic carbocycles. The summed E-state index contributed by atoms with van der Waals surface area (Å²) in [7, 11) is 0. The summed E-state index contributed by atoms with van der Waals surface area (Å²) >= 11 is 0. The van der Waals surface area contributed by atoms with E-state index in [4.69, 9.17) is 13.9 Å². The van der Waals surface area contributed by atoms with E-state index < -0.39 is 24.1 Å². The first-order valence-electron chi connectivity index (χ1n) is 6.99. The van der Waals surface area contributed by atoms with Crippen molar-refractivity contribution in [3.63, 3.8) is 0 Å². The van der Waals surface area contributed by atoms with Crippen LogP contribution in [0.5, 0.6) is 0 Å². The maximum absolute atomic E-state index is 12.9. The van der Waals surface area contributed by atoms with Gasteiger partial charge in [0.15, 0.2) is 6.61 Å². The van der Waals surface area contributed by atoms with E-state index >= 15 is 0 Å². The molecule has 2 aromatic rings. The lowest BCUT2D eigenvalue weighted by atomic mass is 10.2. The fourth-order valence-electron chi connectivity index (χ4n) is 1.78. The number of ether oxygens (including phenoxy) is 2. The Morgan fingerprint density at radius 1 is 1.09 bits per heavy atom. The van der Waals surface area contributed by atoms with Crippen LogP contribution in [0.15, 0.2) is 40.8 Å². The third-order valence-electron chi connectivity index (χ3n) is 2.68. The molecule has 1 heterocycles. The van der Waals surface area contributed by atoms with Crippen molar-refractivity contribution in [3.05, 3.63) is 48.0 Å². The van der Waals surface area contributed by atoms with Gasteiger partial charge in [-0.2, -0.15) is 0 Å². The van der Waals surface area contributed by atoms with E-state index in [2.05, 4.69) is 0 Å². The number of esters is 2. The Hall–Kier alpha value is -2.63. The lowest BCUT2D eigenvalue weighted by Gasteiger charge is -2.19. The second kappa shape index (κ2) is 6.64. The number of carbonyl (C=O) groups is 2. The second-order valence-corrected chi connectivity index (χ2v) is 5.83. The molecule has 2 rings (SSSR count). The average Bonchev–Trinajstić information content (AvgIpc) is 2.93. The van der Waals surface area contributed by atoms with E-state index in [1.54, 1.807) is 26.8 Å². The minimum atomic E-state index is -0.774. The van der Waals surface area contributed by atoms with Crippen molar-refractivity contribution in [1.29, 1.82) is 0 Å². The van der Waals surface area contributed by atoms with E-state index in [1.165, 1.54) is 30.3 Å². The largest absolute Gasteiger partial charge is 0.457 e. The highest BCUT2D eigenvalue weighted by Crippen LogP contribution is 2.22. The highest BCUT2D eigenvalue weighted by Gasteiger charge is 2.19. The van der Waals surface area contributed by atoms with Gasteiger partial charge in [-0.15, -0.1) is 0 Å². The van der Waals surface area contributed by atoms with Crippen molar-refractivity contribution < 1.29 is 27.9 Å². The van der Waals surface area contributed by atoms with Crippen molar-refractivity contribution in [3.8, 4) is 11.3 Å². The molecule has 1 aromatic carbocycles. The summed E-state index contributed by atoms with van der Waals surface area (Å²) in [6, 6.07) is 8.64. The Labute approximate surface area is 133 Å². The van der Waals surface area contributed by atoms with Crippen LogP contribution in [0.4, 0.5) is 4.39 Å². The second-order valence-electron chi connectivity index (χ2n) is 5.83. The summed E-state index contributed by atoms with van der Waals surface area (Å²) in [5.41, 5.74) is -0.0261. The van der Waals surface area contributed by atoms with Gasteiger partial charge in [0, 0.05) is 5.56 Å².